The normalized spacial score (nSPS) is 11.2. The summed E-state index contributed by atoms with van der Waals surface area (Å²) in [5, 5.41) is 8.00. The number of aromatic nitrogens is 3. The molecule has 0 aliphatic rings. The maximum absolute atomic E-state index is 5.56. The molecule has 3 aromatic rings. The van der Waals surface area contributed by atoms with E-state index in [-0.39, 0.29) is 0 Å². The number of nitrogens with zero attached hydrogens (tertiary/aromatic N) is 3. The third kappa shape index (κ3) is 2.96. The smallest absolute Gasteiger partial charge is 0.158 e. The Hall–Kier alpha value is -2.34. The highest BCUT2D eigenvalue weighted by atomic mass is 16.3. The van der Waals surface area contributed by atoms with Crippen molar-refractivity contribution in [2.75, 3.05) is 18.4 Å². The first-order valence-electron chi connectivity index (χ1n) is 7.69. The fraction of sp³-hybridized carbons (Fsp3) is 0.375. The van der Waals surface area contributed by atoms with Gasteiger partial charge >= 0.3 is 0 Å². The molecule has 0 amide bonds. The van der Waals surface area contributed by atoms with E-state index in [1.807, 2.05) is 22.7 Å². The van der Waals surface area contributed by atoms with Gasteiger partial charge in [0.15, 0.2) is 11.4 Å². The second-order valence-corrected chi connectivity index (χ2v) is 5.23. The fourth-order valence-electron chi connectivity index (χ4n) is 2.40. The zero-order valence-electron chi connectivity index (χ0n) is 12.7. The number of hydrogen-bond donors (Lipinski definition) is 2. The van der Waals surface area contributed by atoms with Crippen LogP contribution in [0.5, 0.6) is 0 Å². The lowest BCUT2D eigenvalue weighted by atomic mass is 10.2. The average molecular weight is 299 g/mol. The number of hydrogen-bond acceptors (Lipinski definition) is 5. The molecule has 0 radical (unpaired) electrons. The summed E-state index contributed by atoms with van der Waals surface area (Å²) in [6.07, 6.45) is 4.57. The molecule has 0 atom stereocenters. The molecule has 0 saturated heterocycles. The van der Waals surface area contributed by atoms with Crippen molar-refractivity contribution in [2.24, 2.45) is 5.73 Å². The van der Waals surface area contributed by atoms with Crippen LogP contribution in [0, 0.1) is 0 Å². The molecule has 0 saturated carbocycles. The van der Waals surface area contributed by atoms with Gasteiger partial charge < -0.3 is 15.5 Å². The highest BCUT2D eigenvalue weighted by molar-refractivity contribution is 5.61. The van der Waals surface area contributed by atoms with Gasteiger partial charge in [-0.05, 0) is 31.5 Å². The summed E-state index contributed by atoms with van der Waals surface area (Å²) in [6, 6.07) is 7.77. The molecular formula is C16H21N5O. The van der Waals surface area contributed by atoms with Gasteiger partial charge in [-0.2, -0.15) is 9.61 Å². The van der Waals surface area contributed by atoms with Crippen molar-refractivity contribution < 1.29 is 4.42 Å². The Morgan fingerprint density at radius 1 is 1.36 bits per heavy atom. The molecule has 3 rings (SSSR count). The van der Waals surface area contributed by atoms with Gasteiger partial charge in [0.2, 0.25) is 0 Å². The van der Waals surface area contributed by atoms with Gasteiger partial charge in [-0.15, -0.1) is 0 Å². The van der Waals surface area contributed by atoms with Crippen LogP contribution < -0.4 is 11.1 Å². The van der Waals surface area contributed by atoms with Crippen LogP contribution in [0.25, 0.3) is 17.1 Å². The van der Waals surface area contributed by atoms with Crippen molar-refractivity contribution in [3.63, 3.8) is 0 Å². The number of rotatable bonds is 7. The van der Waals surface area contributed by atoms with Gasteiger partial charge in [0.1, 0.15) is 11.5 Å². The molecule has 22 heavy (non-hydrogen) atoms. The van der Waals surface area contributed by atoms with Gasteiger partial charge in [-0.25, -0.2) is 4.98 Å². The van der Waals surface area contributed by atoms with Gasteiger partial charge in [0.25, 0.3) is 0 Å². The Morgan fingerprint density at radius 2 is 2.27 bits per heavy atom. The highest BCUT2D eigenvalue weighted by Crippen LogP contribution is 2.22. The molecule has 0 bridgehead atoms. The molecule has 6 nitrogen and oxygen atoms in total. The molecule has 0 unspecified atom stereocenters. The lowest BCUT2D eigenvalue weighted by molar-refractivity contribution is 0.579. The third-order valence-electron chi connectivity index (χ3n) is 3.45. The summed E-state index contributed by atoms with van der Waals surface area (Å²) in [7, 11) is 0. The molecule has 0 aromatic carbocycles. The predicted octanol–water partition coefficient (Wildman–Crippen LogP) is 2.70. The Morgan fingerprint density at radius 3 is 3.00 bits per heavy atom. The minimum absolute atomic E-state index is 0.666. The van der Waals surface area contributed by atoms with Crippen LogP contribution in [0.2, 0.25) is 0 Å². The van der Waals surface area contributed by atoms with Crippen LogP contribution in [0.4, 0.5) is 5.82 Å². The Bertz CT molecular complexity index is 732. The van der Waals surface area contributed by atoms with Crippen LogP contribution in [0.3, 0.4) is 0 Å². The molecule has 0 aliphatic heterocycles. The molecule has 0 aliphatic carbocycles. The zero-order valence-corrected chi connectivity index (χ0v) is 12.7. The maximum atomic E-state index is 5.56. The number of aryl methyl sites for hydroxylation is 1. The monoisotopic (exact) mass is 299 g/mol. The number of nitrogens with two attached hydrogens (primary N) is 1. The van der Waals surface area contributed by atoms with Crippen molar-refractivity contribution in [3.8, 4) is 11.5 Å². The first kappa shape index (κ1) is 14.6. The summed E-state index contributed by atoms with van der Waals surface area (Å²) < 4.78 is 7.25. The second kappa shape index (κ2) is 6.62. The zero-order chi connectivity index (χ0) is 15.4. The molecule has 3 heterocycles. The topological polar surface area (TPSA) is 81.4 Å². The Kier molecular flexibility index (Phi) is 4.39. The van der Waals surface area contributed by atoms with Crippen molar-refractivity contribution in [1.29, 1.82) is 0 Å². The Balaban J connectivity index is 2.01. The summed E-state index contributed by atoms with van der Waals surface area (Å²) >= 11 is 0. The molecule has 3 aromatic heterocycles. The first-order valence-corrected chi connectivity index (χ1v) is 7.69. The number of anilines is 1. The lowest BCUT2D eigenvalue weighted by Gasteiger charge is -2.09. The molecular weight excluding hydrogens is 278 g/mol. The van der Waals surface area contributed by atoms with E-state index in [1.165, 1.54) is 0 Å². The molecule has 6 heteroatoms. The number of fused-ring (bicyclic) bond motifs is 1. The first-order chi connectivity index (χ1) is 10.8. The minimum atomic E-state index is 0.666. The summed E-state index contributed by atoms with van der Waals surface area (Å²) in [6.45, 7) is 3.63. The minimum Gasteiger partial charge on any atom is -0.463 e. The van der Waals surface area contributed by atoms with E-state index in [0.29, 0.717) is 6.54 Å². The van der Waals surface area contributed by atoms with Crippen LogP contribution in [-0.2, 0) is 6.42 Å². The van der Waals surface area contributed by atoms with E-state index in [9.17, 15) is 0 Å². The SMILES string of the molecule is CCCc1cc(NCCCN)n2nc(-c3ccco3)cc2n1. The molecule has 3 N–H and O–H groups in total. The van der Waals surface area contributed by atoms with Gasteiger partial charge in [0, 0.05) is 24.4 Å². The highest BCUT2D eigenvalue weighted by Gasteiger charge is 2.12. The largest absolute Gasteiger partial charge is 0.463 e. The van der Waals surface area contributed by atoms with Crippen LogP contribution >= 0.6 is 0 Å². The van der Waals surface area contributed by atoms with Crippen LogP contribution in [-0.4, -0.2) is 27.7 Å². The van der Waals surface area contributed by atoms with Crippen molar-refractivity contribution in [3.05, 3.63) is 36.2 Å². The predicted molar refractivity (Wildman–Crippen MR) is 86.8 cm³/mol. The Labute approximate surface area is 129 Å². The lowest BCUT2D eigenvalue weighted by Crippen LogP contribution is -2.12. The van der Waals surface area contributed by atoms with Gasteiger partial charge in [-0.3, -0.25) is 0 Å². The van der Waals surface area contributed by atoms with Gasteiger partial charge in [-0.1, -0.05) is 13.3 Å². The standard InChI is InChI=1S/C16H21N5O/c1-2-5-12-10-15(18-8-4-7-17)21-16(19-12)11-13(20-21)14-6-3-9-22-14/h3,6,9-11,18H,2,4-5,7-8,17H2,1H3. The van der Waals surface area contributed by atoms with Crippen LogP contribution in [0.1, 0.15) is 25.5 Å². The molecule has 116 valence electrons. The molecule has 0 fully saturated rings. The maximum Gasteiger partial charge on any atom is 0.158 e. The average Bonchev–Trinajstić information content (AvgIpc) is 3.16. The fourth-order valence-corrected chi connectivity index (χ4v) is 2.40. The van der Waals surface area contributed by atoms with Gasteiger partial charge in [0.05, 0.1) is 6.26 Å². The summed E-state index contributed by atoms with van der Waals surface area (Å²) in [4.78, 5) is 4.68. The number of nitrogens with one attached hydrogen (secondary N) is 1. The van der Waals surface area contributed by atoms with Crippen molar-refractivity contribution in [2.45, 2.75) is 26.2 Å². The van der Waals surface area contributed by atoms with E-state index < -0.39 is 0 Å². The van der Waals surface area contributed by atoms with E-state index >= 15 is 0 Å². The van der Waals surface area contributed by atoms with E-state index in [0.717, 1.165) is 54.4 Å². The third-order valence-corrected chi connectivity index (χ3v) is 3.45. The molecule has 0 spiro atoms. The van der Waals surface area contributed by atoms with Crippen LogP contribution in [0.15, 0.2) is 34.9 Å². The second-order valence-electron chi connectivity index (χ2n) is 5.23. The van der Waals surface area contributed by atoms with E-state index in [1.54, 1.807) is 6.26 Å². The summed E-state index contributed by atoms with van der Waals surface area (Å²) in [5.74, 6) is 1.69. The quantitative estimate of drug-likeness (QED) is 0.656. The van der Waals surface area contributed by atoms with E-state index in [4.69, 9.17) is 10.2 Å². The van der Waals surface area contributed by atoms with Crippen molar-refractivity contribution in [1.82, 2.24) is 14.6 Å². The van der Waals surface area contributed by atoms with Crippen molar-refractivity contribution >= 4 is 11.5 Å². The van der Waals surface area contributed by atoms with E-state index in [2.05, 4.69) is 28.4 Å². The summed E-state index contributed by atoms with van der Waals surface area (Å²) in [5.41, 5.74) is 8.24. The number of furan rings is 1.